The lowest BCUT2D eigenvalue weighted by atomic mass is 9.42. The molecule has 0 radical (unpaired) electrons. The summed E-state index contributed by atoms with van der Waals surface area (Å²) < 4.78 is 1.71. The van der Waals surface area contributed by atoms with Crippen LogP contribution >= 0.6 is 0 Å². The smallest absolute Gasteiger partial charge is 0.360 e. The first kappa shape index (κ1) is 24.4. The minimum Gasteiger partial charge on any atom is -0.476 e. The molecule has 2 unspecified atom stereocenters. The zero-order valence-electron chi connectivity index (χ0n) is 22.2. The number of nitrogens with zero attached hydrogens (tertiary/aromatic N) is 4. The number of carboxylic acid groups (broad SMARTS) is 1. The van der Waals surface area contributed by atoms with E-state index in [0.717, 1.165) is 37.5 Å². The molecule has 4 saturated carbocycles. The molecule has 4 aliphatic carbocycles. The molecule has 3 heterocycles. The Hall–Kier alpha value is -3.69. The second-order valence-electron chi connectivity index (χ2n) is 12.5. The van der Waals surface area contributed by atoms with E-state index >= 15 is 0 Å². The first-order valence-electron chi connectivity index (χ1n) is 13.9. The third-order valence-corrected chi connectivity index (χ3v) is 10.1. The summed E-state index contributed by atoms with van der Waals surface area (Å²) in [5, 5.41) is 13.6. The van der Waals surface area contributed by atoms with Crippen LogP contribution in [0.2, 0.25) is 0 Å². The lowest BCUT2D eigenvalue weighted by molar-refractivity contribution is -0.140. The number of allylic oxidation sites excluding steroid dienone is 1. The van der Waals surface area contributed by atoms with Gasteiger partial charge in [-0.3, -0.25) is 9.59 Å². The monoisotopic (exact) mass is 531 g/mol. The van der Waals surface area contributed by atoms with E-state index in [4.69, 9.17) is 10.6 Å². The van der Waals surface area contributed by atoms with E-state index in [9.17, 15) is 19.5 Å². The average Bonchev–Trinajstić information content (AvgIpc) is 3.66. The molecule has 1 amide bonds. The fourth-order valence-corrected chi connectivity index (χ4v) is 7.57. The zero-order valence-corrected chi connectivity index (χ0v) is 22.2. The van der Waals surface area contributed by atoms with Gasteiger partial charge in [-0.05, 0) is 99.9 Å². The number of carbonyl (C=O) groups excluding carboxylic acids is 1. The maximum Gasteiger partial charge on any atom is 0.360 e. The van der Waals surface area contributed by atoms with Crippen molar-refractivity contribution >= 4 is 28.6 Å². The Balaban J connectivity index is 1.24. The Morgan fingerprint density at radius 3 is 2.38 bits per heavy atom. The molecule has 3 N–H and O–H groups in total. The highest BCUT2D eigenvalue weighted by Gasteiger charge is 2.74. The molecule has 2 saturated heterocycles. The third kappa shape index (κ3) is 3.49. The van der Waals surface area contributed by atoms with Crippen LogP contribution in [0.25, 0.3) is 11.0 Å². The number of para-hydroxylation sites is 2. The van der Waals surface area contributed by atoms with Crippen molar-refractivity contribution in [1.29, 1.82) is 0 Å². The minimum absolute atomic E-state index is 0.0972. The zero-order chi connectivity index (χ0) is 27.3. The molecule has 2 aliphatic heterocycles. The van der Waals surface area contributed by atoms with Gasteiger partial charge in [0.05, 0.1) is 11.0 Å². The second-order valence-corrected chi connectivity index (χ2v) is 12.5. The number of carboxylic acids is 1. The van der Waals surface area contributed by atoms with Crippen molar-refractivity contribution in [2.75, 3.05) is 0 Å². The summed E-state index contributed by atoms with van der Waals surface area (Å²) in [6.07, 6.45) is 10.4. The number of hydrogen-bond donors (Lipinski definition) is 2. The van der Waals surface area contributed by atoms with Crippen molar-refractivity contribution in [3.63, 3.8) is 0 Å². The standard InChI is InChI=1S/C29H33N5O5/c1-28(2,27(30)38)39-32-24(26(36)37)23-25(35)34(22-6-4-3-5-21(22)31-23)17-11-15-7-8-16(12-17)33(15)14-18-19-13-20(18)29(19)9-10-29/h3-6,14-17,19-20H,7-13H2,1-2H3,(H2,30,38)(H,36,37)/b18-14?,32-24-/t15-,16+,17+,19?,20?. The third-order valence-electron chi connectivity index (χ3n) is 10.1. The number of fused-ring (bicyclic) bond motifs is 3. The van der Waals surface area contributed by atoms with Crippen LogP contribution in [0.15, 0.2) is 46.0 Å². The van der Waals surface area contributed by atoms with Gasteiger partial charge in [0.25, 0.3) is 11.5 Å². The molecule has 39 heavy (non-hydrogen) atoms. The second kappa shape index (κ2) is 8.16. The highest BCUT2D eigenvalue weighted by atomic mass is 16.7. The molecule has 6 fully saturated rings. The van der Waals surface area contributed by atoms with Gasteiger partial charge in [-0.15, -0.1) is 0 Å². The van der Waals surface area contributed by atoms with Crippen molar-refractivity contribution in [3.8, 4) is 0 Å². The van der Waals surface area contributed by atoms with Crippen molar-refractivity contribution in [3.05, 3.63) is 52.1 Å². The summed E-state index contributed by atoms with van der Waals surface area (Å²) in [7, 11) is 0. The summed E-state index contributed by atoms with van der Waals surface area (Å²) in [6, 6.07) is 7.87. The van der Waals surface area contributed by atoms with E-state index in [1.165, 1.54) is 33.1 Å². The van der Waals surface area contributed by atoms with Crippen molar-refractivity contribution in [2.45, 2.75) is 82.5 Å². The fraction of sp³-hybridized carbons (Fsp3) is 0.552. The normalized spacial score (nSPS) is 30.1. The van der Waals surface area contributed by atoms with E-state index < -0.39 is 28.7 Å². The number of aromatic nitrogens is 2. The summed E-state index contributed by atoms with van der Waals surface area (Å²) in [6.45, 7) is 2.75. The maximum atomic E-state index is 13.9. The molecular formula is C29H33N5O5. The van der Waals surface area contributed by atoms with Gasteiger partial charge in [0.15, 0.2) is 5.69 Å². The van der Waals surface area contributed by atoms with Crippen LogP contribution in [0.5, 0.6) is 0 Å². The van der Waals surface area contributed by atoms with Crippen LogP contribution < -0.4 is 11.3 Å². The predicted molar refractivity (Wildman–Crippen MR) is 143 cm³/mol. The van der Waals surface area contributed by atoms with E-state index in [0.29, 0.717) is 28.5 Å². The molecule has 4 bridgehead atoms. The van der Waals surface area contributed by atoms with Crippen LogP contribution in [0.1, 0.15) is 70.5 Å². The molecule has 5 atom stereocenters. The highest BCUT2D eigenvalue weighted by Crippen LogP contribution is 2.82. The molecule has 8 rings (SSSR count). The van der Waals surface area contributed by atoms with Crippen LogP contribution in [-0.2, 0) is 14.4 Å². The Labute approximate surface area is 225 Å². The van der Waals surface area contributed by atoms with Gasteiger partial charge in [-0.1, -0.05) is 17.3 Å². The molecule has 204 valence electrons. The van der Waals surface area contributed by atoms with E-state index in [2.05, 4.69) is 21.2 Å². The number of hydrogen-bond acceptors (Lipinski definition) is 7. The number of nitrogens with two attached hydrogens (primary N) is 1. The van der Waals surface area contributed by atoms with Crippen molar-refractivity contribution in [1.82, 2.24) is 14.5 Å². The van der Waals surface area contributed by atoms with Crippen LogP contribution in [-0.4, -0.2) is 54.8 Å². The number of amides is 1. The van der Waals surface area contributed by atoms with Crippen LogP contribution in [0.3, 0.4) is 0 Å². The minimum atomic E-state index is -1.56. The first-order chi connectivity index (χ1) is 18.6. The van der Waals surface area contributed by atoms with Gasteiger partial charge in [0, 0.05) is 18.1 Å². The Morgan fingerprint density at radius 2 is 1.79 bits per heavy atom. The summed E-state index contributed by atoms with van der Waals surface area (Å²) in [5.41, 5.74) is 5.78. The van der Waals surface area contributed by atoms with Gasteiger partial charge in [0.1, 0.15) is 0 Å². The number of piperidine rings is 1. The van der Waals surface area contributed by atoms with E-state index in [1.54, 1.807) is 22.3 Å². The molecule has 10 heteroatoms. The topological polar surface area (TPSA) is 140 Å². The van der Waals surface area contributed by atoms with Crippen LogP contribution in [0.4, 0.5) is 0 Å². The summed E-state index contributed by atoms with van der Waals surface area (Å²) in [4.78, 5) is 50.0. The number of oxime groups is 1. The van der Waals surface area contributed by atoms with Gasteiger partial charge in [0.2, 0.25) is 11.3 Å². The maximum absolute atomic E-state index is 13.9. The lowest BCUT2D eigenvalue weighted by Crippen LogP contribution is -2.56. The van der Waals surface area contributed by atoms with Gasteiger partial charge >= 0.3 is 5.97 Å². The predicted octanol–water partition coefficient (Wildman–Crippen LogP) is 2.95. The van der Waals surface area contributed by atoms with Crippen molar-refractivity contribution < 1.29 is 19.5 Å². The van der Waals surface area contributed by atoms with Gasteiger partial charge in [-0.2, -0.15) is 0 Å². The lowest BCUT2D eigenvalue weighted by Gasteiger charge is -2.63. The highest BCUT2D eigenvalue weighted by molar-refractivity contribution is 6.41. The average molecular weight is 532 g/mol. The number of benzene rings is 1. The largest absolute Gasteiger partial charge is 0.476 e. The quantitative estimate of drug-likeness (QED) is 0.413. The molecule has 1 aromatic heterocycles. The molecule has 1 spiro atoms. The number of primary amides is 1. The summed E-state index contributed by atoms with van der Waals surface area (Å²) in [5.74, 6) is -0.673. The molecule has 2 aromatic rings. The Morgan fingerprint density at radius 1 is 1.13 bits per heavy atom. The van der Waals surface area contributed by atoms with E-state index in [-0.39, 0.29) is 11.7 Å². The Kier molecular flexibility index (Phi) is 5.10. The number of carbonyl (C=O) groups is 2. The SMILES string of the molecule is CC(C)(O/N=C(\C(=O)O)c1nc2ccccc2n([C@H]2C[C@H]3CC[C@@H](C2)N3C=C2C3CC2C32CC2)c1=O)C(N)=O. The Bertz CT molecular complexity index is 1510. The number of aliphatic carboxylic acids is 1. The molecular weight excluding hydrogens is 498 g/mol. The van der Waals surface area contributed by atoms with Crippen LogP contribution in [0, 0.1) is 17.3 Å². The fourth-order valence-electron chi connectivity index (χ4n) is 7.57. The van der Waals surface area contributed by atoms with Gasteiger partial charge < -0.3 is 25.1 Å². The van der Waals surface area contributed by atoms with E-state index in [1.807, 2.05) is 12.1 Å². The molecule has 1 aromatic carbocycles. The summed E-state index contributed by atoms with van der Waals surface area (Å²) >= 11 is 0. The molecule has 10 nitrogen and oxygen atoms in total. The first-order valence-corrected chi connectivity index (χ1v) is 13.9. The van der Waals surface area contributed by atoms with Crippen molar-refractivity contribution in [2.24, 2.45) is 28.1 Å². The molecule has 6 aliphatic rings. The van der Waals surface area contributed by atoms with Gasteiger partial charge in [-0.25, -0.2) is 9.78 Å². The number of rotatable bonds is 7.